The number of nitrogens with zero attached hydrogens (tertiary/aromatic N) is 1. The zero-order valence-corrected chi connectivity index (χ0v) is 14.5. The Balaban J connectivity index is 2.73. The quantitative estimate of drug-likeness (QED) is 0.783. The lowest BCUT2D eigenvalue weighted by Gasteiger charge is -2.18. The number of anilines is 1. The molecule has 1 aromatic carbocycles. The third-order valence-corrected chi connectivity index (χ3v) is 4.60. The maximum Gasteiger partial charge on any atom is 0.225 e. The summed E-state index contributed by atoms with van der Waals surface area (Å²) in [5.41, 5.74) is 3.93. The van der Waals surface area contributed by atoms with Gasteiger partial charge in [0.2, 0.25) is 15.9 Å². The number of carbonyl (C=O) groups excluding carboxylic acids is 1. The van der Waals surface area contributed by atoms with Crippen LogP contribution in [-0.4, -0.2) is 38.0 Å². The summed E-state index contributed by atoms with van der Waals surface area (Å²) in [5.74, 6) is -0.201. The Morgan fingerprint density at radius 1 is 1.27 bits per heavy atom. The molecule has 1 rings (SSSR count). The van der Waals surface area contributed by atoms with E-state index in [4.69, 9.17) is 0 Å². The predicted molar refractivity (Wildman–Crippen MR) is 90.5 cm³/mol. The molecule has 5 nitrogen and oxygen atoms in total. The summed E-state index contributed by atoms with van der Waals surface area (Å²) in [5, 5.41) is 2.87. The number of amides is 1. The first-order chi connectivity index (χ1) is 10.1. The van der Waals surface area contributed by atoms with Gasteiger partial charge in [-0.15, -0.1) is 6.58 Å². The van der Waals surface area contributed by atoms with E-state index in [-0.39, 0.29) is 25.4 Å². The molecular weight excluding hydrogens is 300 g/mol. The number of carbonyl (C=O) groups is 1. The van der Waals surface area contributed by atoms with Crippen LogP contribution in [0.25, 0.3) is 0 Å². The largest absolute Gasteiger partial charge is 0.326 e. The summed E-state index contributed by atoms with van der Waals surface area (Å²) in [6, 6.07) is 4.01. The van der Waals surface area contributed by atoms with Gasteiger partial charge in [-0.3, -0.25) is 4.79 Å². The fourth-order valence-corrected chi connectivity index (χ4v) is 3.14. The third kappa shape index (κ3) is 5.27. The van der Waals surface area contributed by atoms with E-state index in [0.29, 0.717) is 0 Å². The molecule has 0 radical (unpaired) electrons. The normalized spacial score (nSPS) is 11.5. The molecule has 0 aliphatic rings. The second-order valence-corrected chi connectivity index (χ2v) is 7.46. The van der Waals surface area contributed by atoms with Gasteiger partial charge in [0.1, 0.15) is 0 Å². The first-order valence-corrected chi connectivity index (χ1v) is 8.93. The smallest absolute Gasteiger partial charge is 0.225 e. The Kier molecular flexibility index (Phi) is 6.32. The van der Waals surface area contributed by atoms with Crippen LogP contribution in [0.3, 0.4) is 0 Å². The average Bonchev–Trinajstić information content (AvgIpc) is 2.37. The summed E-state index contributed by atoms with van der Waals surface area (Å²) in [4.78, 5) is 12.1. The molecule has 0 saturated heterocycles. The van der Waals surface area contributed by atoms with Crippen LogP contribution in [0.1, 0.15) is 23.1 Å². The molecule has 0 heterocycles. The Morgan fingerprint density at radius 3 is 2.27 bits per heavy atom. The van der Waals surface area contributed by atoms with Crippen molar-refractivity contribution in [2.24, 2.45) is 0 Å². The van der Waals surface area contributed by atoms with Crippen molar-refractivity contribution in [2.45, 2.75) is 27.2 Å². The molecule has 0 aliphatic carbocycles. The molecule has 1 N–H and O–H groups in total. The van der Waals surface area contributed by atoms with E-state index in [1.54, 1.807) is 0 Å². The number of rotatable bonds is 7. The van der Waals surface area contributed by atoms with Gasteiger partial charge >= 0.3 is 0 Å². The molecule has 122 valence electrons. The first-order valence-electron chi connectivity index (χ1n) is 7.09. The standard InChI is InChI=1S/C16H24N2O3S/c1-6-8-18(22(5,20)21)9-7-15(19)17-16-13(3)10-12(2)11-14(16)4/h6,10-11H,1,7-9H2,2-5H3,(H,17,19). The van der Waals surface area contributed by atoms with Crippen molar-refractivity contribution in [1.82, 2.24) is 4.31 Å². The van der Waals surface area contributed by atoms with Crippen LogP contribution in [0, 0.1) is 20.8 Å². The van der Waals surface area contributed by atoms with E-state index in [9.17, 15) is 13.2 Å². The van der Waals surface area contributed by atoms with E-state index in [2.05, 4.69) is 11.9 Å². The van der Waals surface area contributed by atoms with E-state index in [0.717, 1.165) is 28.6 Å². The summed E-state index contributed by atoms with van der Waals surface area (Å²) in [6.45, 7) is 9.76. The summed E-state index contributed by atoms with van der Waals surface area (Å²) >= 11 is 0. The van der Waals surface area contributed by atoms with Crippen molar-refractivity contribution in [3.63, 3.8) is 0 Å². The lowest BCUT2D eigenvalue weighted by atomic mass is 10.1. The minimum Gasteiger partial charge on any atom is -0.326 e. The lowest BCUT2D eigenvalue weighted by Crippen LogP contribution is -2.33. The highest BCUT2D eigenvalue weighted by Gasteiger charge is 2.17. The number of sulfonamides is 1. The van der Waals surface area contributed by atoms with Crippen LogP contribution in [0.5, 0.6) is 0 Å². The Morgan fingerprint density at radius 2 is 1.82 bits per heavy atom. The van der Waals surface area contributed by atoms with Gasteiger partial charge in [0, 0.05) is 25.2 Å². The van der Waals surface area contributed by atoms with Gasteiger partial charge in [0.05, 0.1) is 6.26 Å². The Bertz CT molecular complexity index is 643. The molecular formula is C16H24N2O3S. The van der Waals surface area contributed by atoms with E-state index >= 15 is 0 Å². The number of nitrogens with one attached hydrogen (secondary N) is 1. The maximum atomic E-state index is 12.1. The van der Waals surface area contributed by atoms with Crippen molar-refractivity contribution in [3.05, 3.63) is 41.5 Å². The van der Waals surface area contributed by atoms with Crippen molar-refractivity contribution >= 4 is 21.6 Å². The highest BCUT2D eigenvalue weighted by atomic mass is 32.2. The number of aryl methyl sites for hydroxylation is 3. The summed E-state index contributed by atoms with van der Waals surface area (Å²) < 4.78 is 24.4. The summed E-state index contributed by atoms with van der Waals surface area (Å²) in [7, 11) is -3.34. The number of hydrogen-bond donors (Lipinski definition) is 1. The van der Waals surface area contributed by atoms with Crippen LogP contribution in [0.4, 0.5) is 5.69 Å². The molecule has 0 saturated carbocycles. The van der Waals surface area contributed by atoms with E-state index in [1.165, 1.54) is 10.4 Å². The van der Waals surface area contributed by atoms with Crippen LogP contribution < -0.4 is 5.32 Å². The second kappa shape index (κ2) is 7.56. The fourth-order valence-electron chi connectivity index (χ4n) is 2.34. The van der Waals surface area contributed by atoms with Gasteiger partial charge in [-0.1, -0.05) is 23.8 Å². The summed E-state index contributed by atoms with van der Waals surface area (Å²) in [6.07, 6.45) is 2.74. The molecule has 0 aromatic heterocycles. The van der Waals surface area contributed by atoms with Crippen LogP contribution in [0.15, 0.2) is 24.8 Å². The van der Waals surface area contributed by atoms with E-state index in [1.807, 2.05) is 32.9 Å². The minimum absolute atomic E-state index is 0.105. The third-order valence-electron chi connectivity index (χ3n) is 3.33. The molecule has 1 amide bonds. The van der Waals surface area contributed by atoms with Gasteiger partial charge in [-0.05, 0) is 31.9 Å². The topological polar surface area (TPSA) is 66.5 Å². The van der Waals surface area contributed by atoms with Crippen LogP contribution >= 0.6 is 0 Å². The minimum atomic E-state index is -3.34. The van der Waals surface area contributed by atoms with Gasteiger partial charge < -0.3 is 5.32 Å². The SMILES string of the molecule is C=CCN(CCC(=O)Nc1c(C)cc(C)cc1C)S(C)(=O)=O. The van der Waals surface area contributed by atoms with Crippen molar-refractivity contribution in [2.75, 3.05) is 24.7 Å². The highest BCUT2D eigenvalue weighted by molar-refractivity contribution is 7.88. The van der Waals surface area contributed by atoms with Crippen molar-refractivity contribution in [3.8, 4) is 0 Å². The molecule has 0 fully saturated rings. The zero-order chi connectivity index (χ0) is 16.9. The molecule has 1 aromatic rings. The maximum absolute atomic E-state index is 12.1. The number of hydrogen-bond acceptors (Lipinski definition) is 3. The molecule has 6 heteroatoms. The molecule has 0 atom stereocenters. The zero-order valence-electron chi connectivity index (χ0n) is 13.6. The monoisotopic (exact) mass is 324 g/mol. The molecule has 0 spiro atoms. The van der Waals surface area contributed by atoms with Gasteiger partial charge in [-0.25, -0.2) is 8.42 Å². The molecule has 0 aliphatic heterocycles. The van der Waals surface area contributed by atoms with Crippen molar-refractivity contribution < 1.29 is 13.2 Å². The fraction of sp³-hybridized carbons (Fsp3) is 0.438. The number of benzene rings is 1. The van der Waals surface area contributed by atoms with Crippen LogP contribution in [0.2, 0.25) is 0 Å². The van der Waals surface area contributed by atoms with Gasteiger partial charge in [0.15, 0.2) is 0 Å². The highest BCUT2D eigenvalue weighted by Crippen LogP contribution is 2.22. The lowest BCUT2D eigenvalue weighted by molar-refractivity contribution is -0.116. The predicted octanol–water partition coefficient (Wildman–Crippen LogP) is 2.39. The van der Waals surface area contributed by atoms with Crippen molar-refractivity contribution in [1.29, 1.82) is 0 Å². The van der Waals surface area contributed by atoms with E-state index < -0.39 is 10.0 Å². The molecule has 0 unspecified atom stereocenters. The Labute approximate surface area is 133 Å². The average molecular weight is 324 g/mol. The van der Waals surface area contributed by atoms with Gasteiger partial charge in [-0.2, -0.15) is 4.31 Å². The molecule has 22 heavy (non-hydrogen) atoms. The second-order valence-electron chi connectivity index (χ2n) is 5.48. The van der Waals surface area contributed by atoms with Crippen LogP contribution in [-0.2, 0) is 14.8 Å². The Hall–Kier alpha value is -1.66. The van der Waals surface area contributed by atoms with Gasteiger partial charge in [0.25, 0.3) is 0 Å². The molecule has 0 bridgehead atoms. The first kappa shape index (κ1) is 18.4.